The molecule has 1 aromatic heterocycles. The molecule has 0 amide bonds. The van der Waals surface area contributed by atoms with Crippen molar-refractivity contribution < 1.29 is 13.2 Å². The number of alkyl halides is 3. The summed E-state index contributed by atoms with van der Waals surface area (Å²) in [4.78, 5) is 3.71. The van der Waals surface area contributed by atoms with Gasteiger partial charge in [-0.2, -0.15) is 13.2 Å². The molecule has 1 aliphatic rings. The predicted molar refractivity (Wildman–Crippen MR) is 58.4 cm³/mol. The molecule has 0 atom stereocenters. The van der Waals surface area contributed by atoms with E-state index in [2.05, 4.69) is 4.98 Å². The first-order chi connectivity index (χ1) is 7.98. The normalized spacial score (nSPS) is 19.5. The lowest BCUT2D eigenvalue weighted by Crippen LogP contribution is -2.32. The van der Waals surface area contributed by atoms with Gasteiger partial charge in [-0.3, -0.25) is 4.98 Å². The number of nitrogens with zero attached hydrogens (tertiary/aromatic N) is 1. The van der Waals surface area contributed by atoms with E-state index in [1.165, 1.54) is 12.3 Å². The molecule has 0 aromatic carbocycles. The molecular formula is C12H15F3N2. The number of halogens is 3. The van der Waals surface area contributed by atoms with Crippen molar-refractivity contribution in [2.75, 3.05) is 6.54 Å². The van der Waals surface area contributed by atoms with Crippen LogP contribution < -0.4 is 5.73 Å². The van der Waals surface area contributed by atoms with Crippen LogP contribution in [0.25, 0.3) is 0 Å². The lowest BCUT2D eigenvalue weighted by Gasteiger charge is -2.28. The third-order valence-electron chi connectivity index (χ3n) is 3.63. The largest absolute Gasteiger partial charge is 0.417 e. The SMILES string of the molecule is NCC1(c2cncc(C(F)(F)F)c2)CCCC1. The molecule has 1 fully saturated rings. The number of hydrogen-bond acceptors (Lipinski definition) is 2. The molecule has 0 aliphatic heterocycles. The van der Waals surface area contributed by atoms with E-state index in [-0.39, 0.29) is 5.41 Å². The van der Waals surface area contributed by atoms with Gasteiger partial charge in [0.2, 0.25) is 0 Å². The van der Waals surface area contributed by atoms with Crippen LogP contribution in [0.3, 0.4) is 0 Å². The van der Waals surface area contributed by atoms with Gasteiger partial charge >= 0.3 is 6.18 Å². The predicted octanol–water partition coefficient (Wildman–Crippen LogP) is 2.87. The molecule has 1 heterocycles. The molecule has 0 unspecified atom stereocenters. The highest BCUT2D eigenvalue weighted by molar-refractivity contribution is 5.29. The van der Waals surface area contributed by atoms with Crippen LogP contribution >= 0.6 is 0 Å². The zero-order valence-corrected chi connectivity index (χ0v) is 9.43. The Morgan fingerprint density at radius 2 is 1.88 bits per heavy atom. The van der Waals surface area contributed by atoms with Crippen LogP contribution in [-0.4, -0.2) is 11.5 Å². The third kappa shape index (κ3) is 2.29. The van der Waals surface area contributed by atoms with Crippen molar-refractivity contribution in [2.24, 2.45) is 5.73 Å². The lowest BCUT2D eigenvalue weighted by atomic mass is 9.79. The summed E-state index contributed by atoms with van der Waals surface area (Å²) in [5.74, 6) is 0. The van der Waals surface area contributed by atoms with E-state index in [0.29, 0.717) is 12.1 Å². The van der Waals surface area contributed by atoms with Crippen molar-refractivity contribution in [1.82, 2.24) is 4.98 Å². The molecule has 1 aromatic rings. The van der Waals surface area contributed by atoms with E-state index in [1.54, 1.807) is 0 Å². The fraction of sp³-hybridized carbons (Fsp3) is 0.583. The Morgan fingerprint density at radius 3 is 2.41 bits per heavy atom. The van der Waals surface area contributed by atoms with E-state index in [9.17, 15) is 13.2 Å². The van der Waals surface area contributed by atoms with Crippen LogP contribution in [0, 0.1) is 0 Å². The smallest absolute Gasteiger partial charge is 0.330 e. The second kappa shape index (κ2) is 4.29. The molecular weight excluding hydrogens is 229 g/mol. The molecule has 5 heteroatoms. The number of rotatable bonds is 2. The van der Waals surface area contributed by atoms with Gasteiger partial charge < -0.3 is 5.73 Å². The summed E-state index contributed by atoms with van der Waals surface area (Å²) < 4.78 is 37.8. The molecule has 94 valence electrons. The number of aromatic nitrogens is 1. The molecule has 2 nitrogen and oxygen atoms in total. The van der Waals surface area contributed by atoms with Crippen molar-refractivity contribution in [1.29, 1.82) is 0 Å². The molecule has 1 saturated carbocycles. The van der Waals surface area contributed by atoms with E-state index in [4.69, 9.17) is 5.73 Å². The molecule has 2 N–H and O–H groups in total. The van der Waals surface area contributed by atoms with Crippen molar-refractivity contribution >= 4 is 0 Å². The first kappa shape index (κ1) is 12.4. The molecule has 1 aliphatic carbocycles. The second-order valence-electron chi connectivity index (χ2n) is 4.65. The fourth-order valence-corrected chi connectivity index (χ4v) is 2.55. The van der Waals surface area contributed by atoms with Crippen molar-refractivity contribution in [2.45, 2.75) is 37.3 Å². The zero-order valence-electron chi connectivity index (χ0n) is 9.43. The Hall–Kier alpha value is -1.10. The summed E-state index contributed by atoms with van der Waals surface area (Å²) in [5.41, 5.74) is 5.40. The maximum absolute atomic E-state index is 12.6. The second-order valence-corrected chi connectivity index (χ2v) is 4.65. The minimum atomic E-state index is -4.34. The topological polar surface area (TPSA) is 38.9 Å². The summed E-state index contributed by atoms with van der Waals surface area (Å²) >= 11 is 0. The number of nitrogens with two attached hydrogens (primary N) is 1. The van der Waals surface area contributed by atoms with Crippen LogP contribution in [0.1, 0.15) is 36.8 Å². The van der Waals surface area contributed by atoms with Gasteiger partial charge in [-0.1, -0.05) is 12.8 Å². The summed E-state index contributed by atoms with van der Waals surface area (Å²) in [7, 11) is 0. The van der Waals surface area contributed by atoms with Crippen molar-refractivity contribution in [3.63, 3.8) is 0 Å². The van der Waals surface area contributed by atoms with E-state index in [0.717, 1.165) is 31.9 Å². The van der Waals surface area contributed by atoms with Crippen molar-refractivity contribution in [3.8, 4) is 0 Å². The summed E-state index contributed by atoms with van der Waals surface area (Å²) in [6.07, 6.45) is 1.80. The van der Waals surface area contributed by atoms with Crippen molar-refractivity contribution in [3.05, 3.63) is 29.6 Å². The van der Waals surface area contributed by atoms with Crippen LogP contribution in [0.2, 0.25) is 0 Å². The van der Waals surface area contributed by atoms with Crippen LogP contribution in [0.15, 0.2) is 18.5 Å². The van der Waals surface area contributed by atoms with Crippen LogP contribution in [-0.2, 0) is 11.6 Å². The van der Waals surface area contributed by atoms with E-state index >= 15 is 0 Å². The first-order valence-electron chi connectivity index (χ1n) is 5.71. The van der Waals surface area contributed by atoms with Gasteiger partial charge in [0.25, 0.3) is 0 Å². The average Bonchev–Trinajstić information content (AvgIpc) is 2.78. The van der Waals surface area contributed by atoms with Gasteiger partial charge in [-0.15, -0.1) is 0 Å². The van der Waals surface area contributed by atoms with Gasteiger partial charge in [-0.25, -0.2) is 0 Å². The first-order valence-corrected chi connectivity index (χ1v) is 5.71. The average molecular weight is 244 g/mol. The van der Waals surface area contributed by atoms with Crippen LogP contribution in [0.5, 0.6) is 0 Å². The Labute approximate surface area is 98.0 Å². The maximum Gasteiger partial charge on any atom is 0.417 e. The molecule has 0 spiro atoms. The minimum Gasteiger partial charge on any atom is -0.330 e. The molecule has 0 radical (unpaired) electrons. The fourth-order valence-electron chi connectivity index (χ4n) is 2.55. The maximum atomic E-state index is 12.6. The molecule has 0 saturated heterocycles. The molecule has 17 heavy (non-hydrogen) atoms. The Morgan fingerprint density at radius 1 is 1.24 bits per heavy atom. The monoisotopic (exact) mass is 244 g/mol. The molecule has 0 bridgehead atoms. The zero-order chi connectivity index (χ0) is 12.5. The lowest BCUT2D eigenvalue weighted by molar-refractivity contribution is -0.137. The van der Waals surface area contributed by atoms with Gasteiger partial charge in [-0.05, 0) is 24.5 Å². The van der Waals surface area contributed by atoms with Gasteiger partial charge in [0, 0.05) is 24.4 Å². The summed E-state index contributed by atoms with van der Waals surface area (Å²) in [6.45, 7) is 0.385. The highest BCUT2D eigenvalue weighted by Crippen LogP contribution is 2.41. The highest BCUT2D eigenvalue weighted by Gasteiger charge is 2.37. The molecule has 2 rings (SSSR count). The quantitative estimate of drug-likeness (QED) is 0.868. The highest BCUT2D eigenvalue weighted by atomic mass is 19.4. The minimum absolute atomic E-state index is 0.297. The Balaban J connectivity index is 2.39. The summed E-state index contributed by atoms with van der Waals surface area (Å²) in [5, 5.41) is 0. The standard InChI is InChI=1S/C12H15F3N2/c13-12(14,15)10-5-9(6-17-7-10)11(8-16)3-1-2-4-11/h5-7H,1-4,8,16H2. The Bertz CT molecular complexity index is 395. The van der Waals surface area contributed by atoms with E-state index in [1.807, 2.05) is 0 Å². The summed E-state index contributed by atoms with van der Waals surface area (Å²) in [6, 6.07) is 1.20. The van der Waals surface area contributed by atoms with Gasteiger partial charge in [0.05, 0.1) is 5.56 Å². The van der Waals surface area contributed by atoms with Gasteiger partial charge in [0.15, 0.2) is 0 Å². The number of pyridine rings is 1. The van der Waals surface area contributed by atoms with Crippen LogP contribution in [0.4, 0.5) is 13.2 Å². The van der Waals surface area contributed by atoms with E-state index < -0.39 is 11.7 Å². The number of hydrogen-bond donors (Lipinski definition) is 1. The Kier molecular flexibility index (Phi) is 3.12. The third-order valence-corrected chi connectivity index (χ3v) is 3.63. The van der Waals surface area contributed by atoms with Gasteiger partial charge in [0.1, 0.15) is 0 Å².